The number of hydrogen-bond donors (Lipinski definition) is 2. The summed E-state index contributed by atoms with van der Waals surface area (Å²) in [5, 5.41) is 18.3. The fourth-order valence-corrected chi connectivity index (χ4v) is 2.04. The van der Waals surface area contributed by atoms with Crippen molar-refractivity contribution >= 4 is 5.97 Å². The molecule has 21 heavy (non-hydrogen) atoms. The number of carboxylic acid groups (broad SMARTS) is 1. The summed E-state index contributed by atoms with van der Waals surface area (Å²) in [4.78, 5) is 10.8. The van der Waals surface area contributed by atoms with E-state index >= 15 is 0 Å². The lowest BCUT2D eigenvalue weighted by molar-refractivity contribution is -0.136. The van der Waals surface area contributed by atoms with Crippen LogP contribution >= 0.6 is 0 Å². The highest BCUT2D eigenvalue weighted by molar-refractivity contribution is 5.70. The van der Waals surface area contributed by atoms with E-state index in [1.165, 1.54) is 0 Å². The van der Waals surface area contributed by atoms with Crippen LogP contribution in [0.4, 0.5) is 0 Å². The van der Waals surface area contributed by atoms with E-state index < -0.39 is 12.1 Å². The lowest BCUT2D eigenvalue weighted by Crippen LogP contribution is -2.05. The molecule has 2 aromatic carbocycles. The Bertz CT molecular complexity index is 602. The summed E-state index contributed by atoms with van der Waals surface area (Å²) in [7, 11) is 0. The molecule has 0 aliphatic rings. The molecule has 0 saturated heterocycles. The van der Waals surface area contributed by atoms with Crippen LogP contribution in [-0.4, -0.2) is 16.2 Å². The number of aliphatic carboxylic acids is 1. The van der Waals surface area contributed by atoms with Crippen LogP contribution in [0.25, 0.3) is 0 Å². The van der Waals surface area contributed by atoms with E-state index in [9.17, 15) is 9.90 Å². The number of carbonyl (C=O) groups is 1. The van der Waals surface area contributed by atoms with Crippen molar-refractivity contribution in [2.75, 3.05) is 0 Å². The van der Waals surface area contributed by atoms with Crippen molar-refractivity contribution in [1.82, 2.24) is 0 Å². The van der Waals surface area contributed by atoms with Gasteiger partial charge < -0.3 is 14.9 Å². The molecule has 0 aliphatic carbocycles. The summed E-state index contributed by atoms with van der Waals surface area (Å²) in [5.41, 5.74) is 2.44. The zero-order chi connectivity index (χ0) is 15.2. The van der Waals surface area contributed by atoms with Crippen LogP contribution in [0.15, 0.2) is 48.5 Å². The predicted molar refractivity (Wildman–Crippen MR) is 79.2 cm³/mol. The number of hydrogen-bond acceptors (Lipinski definition) is 3. The first kappa shape index (κ1) is 15.1. The molecule has 2 aromatic rings. The molecule has 4 nitrogen and oxygen atoms in total. The molecule has 0 aliphatic heterocycles. The minimum absolute atomic E-state index is 0.0134. The second-order valence-electron chi connectivity index (χ2n) is 4.87. The van der Waals surface area contributed by atoms with Gasteiger partial charge in [0.2, 0.25) is 0 Å². The van der Waals surface area contributed by atoms with Crippen LogP contribution in [0.5, 0.6) is 5.75 Å². The van der Waals surface area contributed by atoms with Gasteiger partial charge in [0.05, 0.1) is 12.5 Å². The Morgan fingerprint density at radius 1 is 1.10 bits per heavy atom. The smallest absolute Gasteiger partial charge is 0.307 e. The van der Waals surface area contributed by atoms with Crippen molar-refractivity contribution in [3.05, 3.63) is 65.2 Å². The van der Waals surface area contributed by atoms with Crippen LogP contribution in [0.2, 0.25) is 0 Å². The topological polar surface area (TPSA) is 66.8 Å². The Balaban J connectivity index is 2.04. The Kier molecular flexibility index (Phi) is 4.95. The zero-order valence-electron chi connectivity index (χ0n) is 11.8. The highest BCUT2D eigenvalue weighted by atomic mass is 16.5. The largest absolute Gasteiger partial charge is 0.489 e. The van der Waals surface area contributed by atoms with Crippen molar-refractivity contribution in [2.45, 2.75) is 26.1 Å². The molecule has 4 heteroatoms. The van der Waals surface area contributed by atoms with E-state index in [0.717, 1.165) is 16.7 Å². The molecule has 0 aromatic heterocycles. The minimum Gasteiger partial charge on any atom is -0.489 e. The first-order valence-corrected chi connectivity index (χ1v) is 6.75. The summed E-state index contributed by atoms with van der Waals surface area (Å²) < 4.78 is 5.67. The fraction of sp³-hybridized carbons (Fsp3) is 0.235. The average molecular weight is 286 g/mol. The summed E-state index contributed by atoms with van der Waals surface area (Å²) >= 11 is 0. The molecule has 0 spiro atoms. The molecular weight excluding hydrogens is 268 g/mol. The molecule has 0 radical (unpaired) electrons. The van der Waals surface area contributed by atoms with E-state index in [0.29, 0.717) is 12.4 Å². The van der Waals surface area contributed by atoms with Gasteiger partial charge in [0, 0.05) is 0 Å². The highest BCUT2D eigenvalue weighted by Crippen LogP contribution is 2.19. The first-order valence-electron chi connectivity index (χ1n) is 6.75. The van der Waals surface area contributed by atoms with E-state index in [2.05, 4.69) is 0 Å². The number of aliphatic hydroxyl groups excluding tert-OH is 1. The zero-order valence-corrected chi connectivity index (χ0v) is 11.8. The maximum atomic E-state index is 10.8. The van der Waals surface area contributed by atoms with E-state index in [4.69, 9.17) is 9.84 Å². The van der Waals surface area contributed by atoms with Crippen molar-refractivity contribution in [2.24, 2.45) is 0 Å². The van der Waals surface area contributed by atoms with Gasteiger partial charge in [-0.05, 0) is 35.7 Å². The quantitative estimate of drug-likeness (QED) is 0.856. The van der Waals surface area contributed by atoms with Crippen molar-refractivity contribution in [3.8, 4) is 5.75 Å². The lowest BCUT2D eigenvalue weighted by Gasteiger charge is -2.11. The SMILES string of the molecule is C[C@H](O)c1ccc(OCc2ccccc2CC(=O)O)cc1. The molecule has 0 heterocycles. The Morgan fingerprint density at radius 3 is 2.29 bits per heavy atom. The summed E-state index contributed by atoms with van der Waals surface area (Å²) in [5.74, 6) is -0.173. The standard InChI is InChI=1S/C17H18O4/c1-12(18)13-6-8-16(9-7-13)21-11-15-5-3-2-4-14(15)10-17(19)20/h2-9,12,18H,10-11H2,1H3,(H,19,20)/t12-/m0/s1. The van der Waals surface area contributed by atoms with Gasteiger partial charge in [-0.2, -0.15) is 0 Å². The third-order valence-electron chi connectivity index (χ3n) is 3.22. The molecule has 1 atom stereocenters. The van der Waals surface area contributed by atoms with Crippen LogP contribution in [-0.2, 0) is 17.8 Å². The molecule has 0 amide bonds. The second-order valence-corrected chi connectivity index (χ2v) is 4.87. The number of carboxylic acids is 1. The summed E-state index contributed by atoms with van der Waals surface area (Å²) in [6, 6.07) is 14.5. The van der Waals surface area contributed by atoms with Crippen LogP contribution in [0, 0.1) is 0 Å². The number of rotatable bonds is 6. The second kappa shape index (κ2) is 6.90. The molecule has 0 unspecified atom stereocenters. The normalized spacial score (nSPS) is 11.9. The van der Waals surface area contributed by atoms with Crippen LogP contribution in [0.3, 0.4) is 0 Å². The Hall–Kier alpha value is -2.33. The molecule has 0 bridgehead atoms. The third kappa shape index (κ3) is 4.33. The lowest BCUT2D eigenvalue weighted by atomic mass is 10.1. The molecule has 110 valence electrons. The van der Waals surface area contributed by atoms with Gasteiger partial charge in [0.25, 0.3) is 0 Å². The number of benzene rings is 2. The first-order chi connectivity index (χ1) is 10.1. The predicted octanol–water partition coefficient (Wildman–Crippen LogP) is 2.95. The summed E-state index contributed by atoms with van der Waals surface area (Å²) in [6.07, 6.45) is -0.518. The van der Waals surface area contributed by atoms with E-state index in [1.54, 1.807) is 25.1 Å². The number of ether oxygens (including phenoxy) is 1. The highest BCUT2D eigenvalue weighted by Gasteiger charge is 2.07. The molecule has 0 saturated carbocycles. The minimum atomic E-state index is -0.858. The Labute approximate surface area is 123 Å². The van der Waals surface area contributed by atoms with Gasteiger partial charge in [0.1, 0.15) is 12.4 Å². The van der Waals surface area contributed by atoms with E-state index in [1.807, 2.05) is 30.3 Å². The van der Waals surface area contributed by atoms with Gasteiger partial charge in [-0.25, -0.2) is 0 Å². The van der Waals surface area contributed by atoms with Crippen LogP contribution < -0.4 is 4.74 Å². The van der Waals surface area contributed by atoms with E-state index in [-0.39, 0.29) is 6.42 Å². The molecular formula is C17H18O4. The Morgan fingerprint density at radius 2 is 1.71 bits per heavy atom. The average Bonchev–Trinajstić information content (AvgIpc) is 2.46. The maximum Gasteiger partial charge on any atom is 0.307 e. The molecule has 0 fully saturated rings. The summed E-state index contributed by atoms with van der Waals surface area (Å²) in [6.45, 7) is 2.02. The van der Waals surface area contributed by atoms with Crippen LogP contribution in [0.1, 0.15) is 29.7 Å². The van der Waals surface area contributed by atoms with Gasteiger partial charge in [-0.3, -0.25) is 4.79 Å². The van der Waals surface area contributed by atoms with Crippen molar-refractivity contribution in [1.29, 1.82) is 0 Å². The molecule has 2 N–H and O–H groups in total. The maximum absolute atomic E-state index is 10.8. The van der Waals surface area contributed by atoms with Gasteiger partial charge in [-0.1, -0.05) is 36.4 Å². The molecule has 2 rings (SSSR count). The van der Waals surface area contributed by atoms with Crippen molar-refractivity contribution < 1.29 is 19.7 Å². The van der Waals surface area contributed by atoms with Crippen molar-refractivity contribution in [3.63, 3.8) is 0 Å². The monoisotopic (exact) mass is 286 g/mol. The van der Waals surface area contributed by atoms with Gasteiger partial charge in [0.15, 0.2) is 0 Å². The fourth-order valence-electron chi connectivity index (χ4n) is 2.04. The van der Waals surface area contributed by atoms with Gasteiger partial charge >= 0.3 is 5.97 Å². The number of aliphatic hydroxyl groups is 1. The van der Waals surface area contributed by atoms with Gasteiger partial charge in [-0.15, -0.1) is 0 Å². The third-order valence-corrected chi connectivity index (χ3v) is 3.22.